The fraction of sp³-hybridized carbons (Fsp3) is 0.400. The van der Waals surface area contributed by atoms with Gasteiger partial charge in [-0.1, -0.05) is 24.3 Å². The van der Waals surface area contributed by atoms with Crippen molar-refractivity contribution in [3.05, 3.63) is 45.8 Å². The molecule has 76 valence electrons. The molecule has 2 aliphatic rings. The summed E-state index contributed by atoms with van der Waals surface area (Å²) in [5, 5.41) is 23.0. The van der Waals surface area contributed by atoms with E-state index in [9.17, 15) is 10.4 Å². The van der Waals surface area contributed by atoms with E-state index in [1.807, 2.05) is 24.3 Å². The van der Waals surface area contributed by atoms with Crippen molar-refractivity contribution in [2.45, 2.75) is 12.1 Å². The van der Waals surface area contributed by atoms with Crippen LogP contribution >= 0.6 is 0 Å². The number of rotatable bonds is 2. The van der Waals surface area contributed by atoms with Crippen LogP contribution in [0.1, 0.15) is 23.2 Å². The molecule has 4 unspecified atom stereocenters. The van der Waals surface area contributed by atoms with Crippen LogP contribution in [0.3, 0.4) is 0 Å². The van der Waals surface area contributed by atoms with E-state index in [0.29, 0.717) is 0 Å². The maximum Gasteiger partial charge on any atom is 0.170 e. The van der Waals surface area contributed by atoms with E-state index in [0.717, 1.165) is 11.1 Å². The maximum atomic E-state index is 11.4. The zero-order valence-electron chi connectivity index (χ0n) is 8.28. The second-order valence-electron chi connectivity index (χ2n) is 3.84. The fourth-order valence-corrected chi connectivity index (χ4v) is 2.23. The molecule has 0 saturated heterocycles. The molecule has 0 radical (unpaired) electrons. The van der Waals surface area contributed by atoms with Crippen molar-refractivity contribution in [3.63, 3.8) is 0 Å². The Morgan fingerprint density at radius 3 is 1.36 bits per heavy atom. The first kappa shape index (κ1) is 9.61. The summed E-state index contributed by atoms with van der Waals surface area (Å²) >= 11 is 0. The number of hydroxylamine groups is 4. The molecule has 0 heterocycles. The number of fused-ring (bicyclic) bond motifs is 3. The van der Waals surface area contributed by atoms with E-state index in [1.165, 1.54) is 0 Å². The van der Waals surface area contributed by atoms with Crippen molar-refractivity contribution in [2.24, 2.45) is 0 Å². The Morgan fingerprint density at radius 1 is 0.857 bits per heavy atom. The summed E-state index contributed by atoms with van der Waals surface area (Å²) < 4.78 is 0. The van der Waals surface area contributed by atoms with Crippen molar-refractivity contribution in [1.82, 2.24) is 0 Å². The summed E-state index contributed by atoms with van der Waals surface area (Å²) in [5.41, 5.74) is 1.93. The highest BCUT2D eigenvalue weighted by molar-refractivity contribution is 5.33. The van der Waals surface area contributed by atoms with Gasteiger partial charge in [-0.25, -0.2) is 0 Å². The fourth-order valence-electron chi connectivity index (χ4n) is 2.23. The number of benzene rings is 1. The quantitative estimate of drug-likeness (QED) is 0.581. The Kier molecular flexibility index (Phi) is 2.28. The zero-order chi connectivity index (χ0) is 10.3. The van der Waals surface area contributed by atoms with Gasteiger partial charge in [-0.3, -0.25) is 0 Å². The van der Waals surface area contributed by atoms with Crippen LogP contribution in [-0.2, 0) is 0 Å². The predicted octanol–water partition coefficient (Wildman–Crippen LogP) is -1.19. The summed E-state index contributed by atoms with van der Waals surface area (Å²) in [6, 6.07) is 7.25. The Bertz CT molecular complexity index is 288. The van der Waals surface area contributed by atoms with Gasteiger partial charge < -0.3 is 20.5 Å². The molecule has 0 saturated carbocycles. The van der Waals surface area contributed by atoms with Gasteiger partial charge in [0.15, 0.2) is 12.1 Å². The lowest BCUT2D eigenvalue weighted by Gasteiger charge is -2.40. The van der Waals surface area contributed by atoms with Gasteiger partial charge in [0.2, 0.25) is 0 Å². The highest BCUT2D eigenvalue weighted by Crippen LogP contribution is 2.30. The second-order valence-corrected chi connectivity index (χ2v) is 3.84. The average Bonchev–Trinajstić information content (AvgIpc) is 2.17. The van der Waals surface area contributed by atoms with Crippen LogP contribution in [0.5, 0.6) is 0 Å². The number of quaternary nitrogens is 2. The van der Waals surface area contributed by atoms with E-state index in [2.05, 4.69) is 0 Å². The Hall–Kier alpha value is -0.940. The molecule has 2 N–H and O–H groups in total. The molecule has 0 spiro atoms. The molecule has 1 aromatic carbocycles. The molecule has 1 aromatic rings. The van der Waals surface area contributed by atoms with E-state index < -0.39 is 0 Å². The summed E-state index contributed by atoms with van der Waals surface area (Å²) in [6.07, 6.45) is 0. The van der Waals surface area contributed by atoms with E-state index in [-0.39, 0.29) is 22.2 Å². The smallest absolute Gasteiger partial charge is 0.170 e. The van der Waals surface area contributed by atoms with Gasteiger partial charge in [-0.15, -0.1) is 0 Å². The number of nitrogens with one attached hydrogen (secondary N) is 2. The third kappa shape index (κ3) is 1.33. The molecule has 4 nitrogen and oxygen atoms in total. The van der Waals surface area contributed by atoms with Gasteiger partial charge in [0.25, 0.3) is 0 Å². The molecule has 3 rings (SSSR count). The molecule has 0 aromatic heterocycles. The van der Waals surface area contributed by atoms with Crippen molar-refractivity contribution in [1.29, 1.82) is 0 Å². The predicted molar refractivity (Wildman–Crippen MR) is 52.4 cm³/mol. The minimum Gasteiger partial charge on any atom is -0.634 e. The molecular weight excluding hydrogens is 180 g/mol. The summed E-state index contributed by atoms with van der Waals surface area (Å²) in [4.78, 5) is 0. The monoisotopic (exact) mass is 194 g/mol. The molecule has 0 fully saturated rings. The van der Waals surface area contributed by atoms with Crippen molar-refractivity contribution in [3.8, 4) is 0 Å². The Morgan fingerprint density at radius 2 is 1.14 bits per heavy atom. The van der Waals surface area contributed by atoms with E-state index in [1.54, 1.807) is 14.1 Å². The van der Waals surface area contributed by atoms with E-state index in [4.69, 9.17) is 0 Å². The summed E-state index contributed by atoms with van der Waals surface area (Å²) in [6.45, 7) is 0. The number of hydrogen-bond acceptors (Lipinski definition) is 2. The third-order valence-electron chi connectivity index (χ3n) is 2.86. The molecule has 2 aliphatic carbocycles. The lowest BCUT2D eigenvalue weighted by Crippen LogP contribution is -3.13. The van der Waals surface area contributed by atoms with Crippen LogP contribution in [-0.4, -0.2) is 14.1 Å². The lowest BCUT2D eigenvalue weighted by atomic mass is 9.86. The van der Waals surface area contributed by atoms with Gasteiger partial charge in [-0.2, -0.15) is 0 Å². The third-order valence-corrected chi connectivity index (χ3v) is 2.86. The van der Waals surface area contributed by atoms with Crippen molar-refractivity contribution < 1.29 is 10.1 Å². The van der Waals surface area contributed by atoms with Gasteiger partial charge in [-0.05, 0) is 0 Å². The molecule has 4 atom stereocenters. The molecular formula is C10H14N2O2. The highest BCUT2D eigenvalue weighted by atomic mass is 16.5. The highest BCUT2D eigenvalue weighted by Gasteiger charge is 2.36. The normalized spacial score (nSPS) is 28.9. The topological polar surface area (TPSA) is 55.0 Å². The van der Waals surface area contributed by atoms with Crippen LogP contribution in [0.4, 0.5) is 0 Å². The van der Waals surface area contributed by atoms with Crippen LogP contribution in [0, 0.1) is 10.4 Å². The van der Waals surface area contributed by atoms with Crippen molar-refractivity contribution >= 4 is 0 Å². The standard InChI is InChI=1S/C10H14N2O2/c1-11(13)9-7-3-5-8(6-4-7)10(9)12(2)14/h3-6,9-12H,1-2H3. The maximum absolute atomic E-state index is 11.4. The number of hydrogen-bond donors (Lipinski definition) is 2. The van der Waals surface area contributed by atoms with Crippen LogP contribution in [0.25, 0.3) is 0 Å². The van der Waals surface area contributed by atoms with Crippen molar-refractivity contribution in [2.75, 3.05) is 14.1 Å². The van der Waals surface area contributed by atoms with Gasteiger partial charge in [0, 0.05) is 11.1 Å². The first-order valence-electron chi connectivity index (χ1n) is 4.72. The minimum absolute atomic E-state index is 0.0754. The SMILES string of the molecule is C[NH+]([O-])C1c2ccc(cc2)C1[NH+](C)[O-]. The minimum atomic E-state index is -0.238. The van der Waals surface area contributed by atoms with Crippen LogP contribution in [0.2, 0.25) is 0 Å². The Balaban J connectivity index is 2.43. The molecule has 14 heavy (non-hydrogen) atoms. The Labute approximate surface area is 82.9 Å². The molecule has 4 heteroatoms. The van der Waals surface area contributed by atoms with Gasteiger partial charge in [0.05, 0.1) is 14.1 Å². The first-order valence-corrected chi connectivity index (χ1v) is 4.72. The van der Waals surface area contributed by atoms with Gasteiger partial charge >= 0.3 is 0 Å². The number of likely N-dealkylation sites (N-methyl/N-ethyl adjacent to an activating group) is 2. The van der Waals surface area contributed by atoms with Gasteiger partial charge in [0.1, 0.15) is 0 Å². The van der Waals surface area contributed by atoms with Crippen LogP contribution in [0.15, 0.2) is 24.3 Å². The molecule has 0 aliphatic heterocycles. The molecule has 0 amide bonds. The molecule has 2 bridgehead atoms. The first-order chi connectivity index (χ1) is 6.61. The second kappa shape index (κ2) is 3.33. The van der Waals surface area contributed by atoms with Crippen LogP contribution < -0.4 is 10.1 Å². The van der Waals surface area contributed by atoms with E-state index >= 15 is 0 Å². The zero-order valence-corrected chi connectivity index (χ0v) is 8.28. The lowest BCUT2D eigenvalue weighted by molar-refractivity contribution is -0.941. The summed E-state index contributed by atoms with van der Waals surface area (Å²) in [5.74, 6) is 0. The largest absolute Gasteiger partial charge is 0.634 e. The summed E-state index contributed by atoms with van der Waals surface area (Å²) in [7, 11) is 3.10. The average molecular weight is 194 g/mol.